The van der Waals surface area contributed by atoms with Crippen LogP contribution in [0.5, 0.6) is 0 Å². The van der Waals surface area contributed by atoms with Crippen LogP contribution in [-0.2, 0) is 10.5 Å². The fourth-order valence-electron chi connectivity index (χ4n) is 4.07. The SMILES string of the molecule is CC1=C(C(=O)Nc2ccccc2C)[C@@H](c2ccc(Cl)cc2)n2nc(SCc3ccc(Cl)cc3)nc2N1. The summed E-state index contributed by atoms with van der Waals surface area (Å²) in [6, 6.07) is 22.4. The van der Waals surface area contributed by atoms with Crippen molar-refractivity contribution in [1.29, 1.82) is 0 Å². The lowest BCUT2D eigenvalue weighted by molar-refractivity contribution is -0.113. The lowest BCUT2D eigenvalue weighted by Gasteiger charge is -2.28. The fourth-order valence-corrected chi connectivity index (χ4v) is 5.11. The third kappa shape index (κ3) is 5.14. The molecule has 1 aromatic heterocycles. The molecule has 0 saturated carbocycles. The van der Waals surface area contributed by atoms with Crippen LogP contribution in [-0.4, -0.2) is 20.7 Å². The van der Waals surface area contributed by atoms with E-state index in [-0.39, 0.29) is 5.91 Å². The van der Waals surface area contributed by atoms with Gasteiger partial charge in [0.15, 0.2) is 0 Å². The van der Waals surface area contributed by atoms with Crippen LogP contribution in [0.25, 0.3) is 0 Å². The van der Waals surface area contributed by atoms with Gasteiger partial charge in [-0.3, -0.25) is 4.79 Å². The Bertz CT molecular complexity index is 1450. The minimum Gasteiger partial charge on any atom is -0.328 e. The number of fused-ring (bicyclic) bond motifs is 1. The van der Waals surface area contributed by atoms with Crippen molar-refractivity contribution in [2.24, 2.45) is 0 Å². The monoisotopic (exact) mass is 535 g/mol. The van der Waals surface area contributed by atoms with Crippen LogP contribution in [0.4, 0.5) is 11.6 Å². The predicted octanol–water partition coefficient (Wildman–Crippen LogP) is 7.11. The molecule has 9 heteroatoms. The normalized spacial score (nSPS) is 14.8. The maximum Gasteiger partial charge on any atom is 0.255 e. The molecule has 182 valence electrons. The van der Waals surface area contributed by atoms with Crippen molar-refractivity contribution in [2.75, 3.05) is 10.6 Å². The molecule has 0 saturated heterocycles. The van der Waals surface area contributed by atoms with Gasteiger partial charge in [0.25, 0.3) is 5.91 Å². The number of benzene rings is 3. The predicted molar refractivity (Wildman–Crippen MR) is 147 cm³/mol. The number of thioether (sulfide) groups is 1. The third-order valence-corrected chi connectivity index (χ3v) is 7.35. The maximum atomic E-state index is 13.6. The van der Waals surface area contributed by atoms with Gasteiger partial charge in [-0.05, 0) is 60.9 Å². The van der Waals surface area contributed by atoms with Crippen LogP contribution in [0.1, 0.15) is 29.7 Å². The molecule has 0 spiro atoms. The molecule has 5 rings (SSSR count). The molecular weight excluding hydrogens is 513 g/mol. The van der Waals surface area contributed by atoms with Gasteiger partial charge in [0, 0.05) is 27.2 Å². The Morgan fingerprint density at radius 2 is 1.67 bits per heavy atom. The number of nitrogens with one attached hydrogen (secondary N) is 2. The van der Waals surface area contributed by atoms with Gasteiger partial charge in [0.05, 0.1) is 5.57 Å². The number of allylic oxidation sites excluding steroid dienone is 1. The highest BCUT2D eigenvalue weighted by Gasteiger charge is 2.34. The molecule has 6 nitrogen and oxygen atoms in total. The summed E-state index contributed by atoms with van der Waals surface area (Å²) in [7, 11) is 0. The Labute approximate surface area is 223 Å². The van der Waals surface area contributed by atoms with Gasteiger partial charge in [-0.1, -0.05) is 77.4 Å². The zero-order valence-electron chi connectivity index (χ0n) is 19.6. The molecule has 1 aliphatic rings. The molecule has 0 aliphatic carbocycles. The summed E-state index contributed by atoms with van der Waals surface area (Å²) in [4.78, 5) is 18.3. The van der Waals surface area contributed by atoms with Crippen LogP contribution in [0, 0.1) is 6.92 Å². The summed E-state index contributed by atoms with van der Waals surface area (Å²) in [6.07, 6.45) is 0. The van der Waals surface area contributed by atoms with Crippen LogP contribution in [0.3, 0.4) is 0 Å². The zero-order valence-corrected chi connectivity index (χ0v) is 22.0. The number of rotatable bonds is 6. The maximum absolute atomic E-state index is 13.6. The van der Waals surface area contributed by atoms with Gasteiger partial charge >= 0.3 is 0 Å². The first kappa shape index (κ1) is 24.4. The Balaban J connectivity index is 1.48. The summed E-state index contributed by atoms with van der Waals surface area (Å²) < 4.78 is 1.77. The number of amides is 1. The first-order chi connectivity index (χ1) is 17.4. The molecule has 1 atom stereocenters. The van der Waals surface area contributed by atoms with E-state index >= 15 is 0 Å². The fraction of sp³-hybridized carbons (Fsp3) is 0.148. The van der Waals surface area contributed by atoms with Crippen molar-refractivity contribution in [2.45, 2.75) is 30.8 Å². The van der Waals surface area contributed by atoms with E-state index in [0.29, 0.717) is 32.5 Å². The van der Waals surface area contributed by atoms with Crippen molar-refractivity contribution in [3.8, 4) is 0 Å². The van der Waals surface area contributed by atoms with Crippen LogP contribution < -0.4 is 10.6 Å². The quantitative estimate of drug-likeness (QED) is 0.257. The van der Waals surface area contributed by atoms with Crippen LogP contribution in [0.2, 0.25) is 10.0 Å². The van der Waals surface area contributed by atoms with E-state index in [9.17, 15) is 4.79 Å². The summed E-state index contributed by atoms with van der Waals surface area (Å²) in [6.45, 7) is 3.85. The molecule has 2 heterocycles. The number of hydrogen-bond donors (Lipinski definition) is 2. The molecule has 36 heavy (non-hydrogen) atoms. The lowest BCUT2D eigenvalue weighted by Crippen LogP contribution is -2.31. The number of halogens is 2. The molecule has 0 fully saturated rings. The number of para-hydroxylation sites is 1. The highest BCUT2D eigenvalue weighted by molar-refractivity contribution is 7.98. The number of aromatic nitrogens is 3. The molecule has 0 bridgehead atoms. The summed E-state index contributed by atoms with van der Waals surface area (Å²) >= 11 is 13.7. The second kappa shape index (κ2) is 10.4. The molecular formula is C27H23Cl2N5OS. The molecule has 0 unspecified atom stereocenters. The molecule has 0 radical (unpaired) electrons. The average molecular weight is 536 g/mol. The number of aryl methyl sites for hydroxylation is 1. The number of carbonyl (C=O) groups excluding carboxylic acids is 1. The second-order valence-corrected chi connectivity index (χ2v) is 10.3. The van der Waals surface area contributed by atoms with Gasteiger partial charge in [0.1, 0.15) is 6.04 Å². The zero-order chi connectivity index (χ0) is 25.2. The van der Waals surface area contributed by atoms with E-state index in [0.717, 1.165) is 28.1 Å². The Hall–Kier alpha value is -3.26. The molecule has 3 aromatic carbocycles. The van der Waals surface area contributed by atoms with Gasteiger partial charge < -0.3 is 10.6 Å². The molecule has 4 aromatic rings. The first-order valence-corrected chi connectivity index (χ1v) is 13.1. The van der Waals surface area contributed by atoms with E-state index in [2.05, 4.69) is 10.6 Å². The lowest BCUT2D eigenvalue weighted by atomic mass is 9.95. The van der Waals surface area contributed by atoms with Crippen LogP contribution in [0.15, 0.2) is 89.2 Å². The van der Waals surface area contributed by atoms with Crippen molar-refractivity contribution < 1.29 is 4.79 Å². The van der Waals surface area contributed by atoms with E-state index in [1.54, 1.807) is 4.68 Å². The van der Waals surface area contributed by atoms with Gasteiger partial charge in [-0.25, -0.2) is 4.68 Å². The average Bonchev–Trinajstić information content (AvgIpc) is 3.27. The standard InChI is InChI=1S/C27H23Cl2N5OS/c1-16-5-3-4-6-22(16)31-25(35)23-17(2)30-26-32-27(36-15-18-7-11-20(28)12-8-18)33-34(26)24(23)19-9-13-21(29)14-10-19/h3-14,24H,15H2,1-2H3,(H,31,35)(H,30,32,33)/t24-/m1/s1. The highest BCUT2D eigenvalue weighted by atomic mass is 35.5. The minimum atomic E-state index is -0.472. The molecule has 2 N–H and O–H groups in total. The van der Waals surface area contributed by atoms with Crippen molar-refractivity contribution >= 4 is 52.5 Å². The molecule has 1 amide bonds. The van der Waals surface area contributed by atoms with E-state index in [1.165, 1.54) is 11.8 Å². The van der Waals surface area contributed by atoms with Gasteiger partial charge in [0.2, 0.25) is 11.1 Å². The number of anilines is 2. The van der Waals surface area contributed by atoms with Crippen molar-refractivity contribution in [3.63, 3.8) is 0 Å². The minimum absolute atomic E-state index is 0.203. The number of hydrogen-bond acceptors (Lipinski definition) is 5. The number of nitrogens with zero attached hydrogens (tertiary/aromatic N) is 3. The van der Waals surface area contributed by atoms with Crippen LogP contribution >= 0.6 is 35.0 Å². The molecule has 1 aliphatic heterocycles. The second-order valence-electron chi connectivity index (χ2n) is 8.46. The van der Waals surface area contributed by atoms with Crippen molar-refractivity contribution in [3.05, 3.63) is 111 Å². The van der Waals surface area contributed by atoms with E-state index in [4.69, 9.17) is 33.3 Å². The Morgan fingerprint density at radius 3 is 2.36 bits per heavy atom. The summed E-state index contributed by atoms with van der Waals surface area (Å²) in [5.74, 6) is 1.07. The van der Waals surface area contributed by atoms with E-state index in [1.807, 2.05) is 86.6 Å². The van der Waals surface area contributed by atoms with Crippen molar-refractivity contribution in [1.82, 2.24) is 14.8 Å². The third-order valence-electron chi connectivity index (χ3n) is 5.94. The van der Waals surface area contributed by atoms with Gasteiger partial charge in [-0.15, -0.1) is 5.10 Å². The largest absolute Gasteiger partial charge is 0.328 e. The summed E-state index contributed by atoms with van der Waals surface area (Å²) in [5, 5.41) is 13.1. The Kier molecular flexibility index (Phi) is 7.05. The van der Waals surface area contributed by atoms with E-state index < -0.39 is 6.04 Å². The topological polar surface area (TPSA) is 71.8 Å². The highest BCUT2D eigenvalue weighted by Crippen LogP contribution is 2.37. The summed E-state index contributed by atoms with van der Waals surface area (Å²) in [5.41, 5.74) is 5.03. The van der Waals surface area contributed by atoms with Gasteiger partial charge in [-0.2, -0.15) is 4.98 Å². The smallest absolute Gasteiger partial charge is 0.255 e. The first-order valence-electron chi connectivity index (χ1n) is 11.3. The Morgan fingerprint density at radius 1 is 1.00 bits per heavy atom. The number of carbonyl (C=O) groups is 1.